The molecule has 0 aromatic carbocycles. The number of piperidine rings is 1. The summed E-state index contributed by atoms with van der Waals surface area (Å²) in [5.41, 5.74) is 11.2. The summed E-state index contributed by atoms with van der Waals surface area (Å²) < 4.78 is 0. The van der Waals surface area contributed by atoms with Crippen molar-refractivity contribution in [1.82, 2.24) is 9.88 Å². The molecule has 0 radical (unpaired) electrons. The summed E-state index contributed by atoms with van der Waals surface area (Å²) in [4.78, 5) is 29.5. The Kier molecular flexibility index (Phi) is 4.16. The Morgan fingerprint density at radius 2 is 2.26 bits per heavy atom. The van der Waals surface area contributed by atoms with Crippen LogP contribution in [0.1, 0.15) is 35.3 Å². The standard InChI is InChI=1S/C12H18N4O2S/c1-7-2-3-8(11(14)17)5-16(7)12(18)9-6-19-10(4-13)15-9/h6-8H,2-5,13H2,1H3,(H2,14,17). The Balaban J connectivity index is 2.14. The molecule has 4 N–H and O–H groups in total. The lowest BCUT2D eigenvalue weighted by molar-refractivity contribution is -0.123. The predicted molar refractivity (Wildman–Crippen MR) is 72.4 cm³/mol. The molecule has 1 aromatic rings. The van der Waals surface area contributed by atoms with Gasteiger partial charge in [-0.25, -0.2) is 4.98 Å². The summed E-state index contributed by atoms with van der Waals surface area (Å²) in [7, 11) is 0. The van der Waals surface area contributed by atoms with Crippen molar-refractivity contribution in [3.8, 4) is 0 Å². The first-order chi connectivity index (χ1) is 9.02. The van der Waals surface area contributed by atoms with Gasteiger partial charge in [-0.2, -0.15) is 0 Å². The summed E-state index contributed by atoms with van der Waals surface area (Å²) in [5.74, 6) is -0.743. The van der Waals surface area contributed by atoms with Crippen LogP contribution in [0.2, 0.25) is 0 Å². The topological polar surface area (TPSA) is 102 Å². The first-order valence-corrected chi connectivity index (χ1v) is 7.15. The molecule has 19 heavy (non-hydrogen) atoms. The smallest absolute Gasteiger partial charge is 0.273 e. The maximum Gasteiger partial charge on any atom is 0.273 e. The van der Waals surface area contributed by atoms with Crippen molar-refractivity contribution in [1.29, 1.82) is 0 Å². The molecule has 2 atom stereocenters. The van der Waals surface area contributed by atoms with E-state index >= 15 is 0 Å². The molecule has 0 spiro atoms. The Labute approximate surface area is 115 Å². The van der Waals surface area contributed by atoms with E-state index in [9.17, 15) is 9.59 Å². The van der Waals surface area contributed by atoms with Crippen molar-refractivity contribution >= 4 is 23.2 Å². The molecule has 1 saturated heterocycles. The van der Waals surface area contributed by atoms with Gasteiger partial charge in [0.25, 0.3) is 5.91 Å². The number of likely N-dealkylation sites (tertiary alicyclic amines) is 1. The summed E-state index contributed by atoms with van der Waals surface area (Å²) in [6.07, 6.45) is 1.53. The lowest BCUT2D eigenvalue weighted by atomic mass is 9.93. The first-order valence-electron chi connectivity index (χ1n) is 6.27. The molecule has 0 saturated carbocycles. The van der Waals surface area contributed by atoms with Gasteiger partial charge in [-0.1, -0.05) is 0 Å². The van der Waals surface area contributed by atoms with Gasteiger partial charge in [0.1, 0.15) is 10.7 Å². The molecule has 0 bridgehead atoms. The monoisotopic (exact) mass is 282 g/mol. The highest BCUT2D eigenvalue weighted by Crippen LogP contribution is 2.24. The molecular weight excluding hydrogens is 264 g/mol. The zero-order valence-corrected chi connectivity index (χ0v) is 11.7. The van der Waals surface area contributed by atoms with Gasteiger partial charge < -0.3 is 16.4 Å². The van der Waals surface area contributed by atoms with Crippen molar-refractivity contribution in [2.45, 2.75) is 32.4 Å². The minimum absolute atomic E-state index is 0.103. The van der Waals surface area contributed by atoms with Gasteiger partial charge in [-0.15, -0.1) is 11.3 Å². The van der Waals surface area contributed by atoms with E-state index in [-0.39, 0.29) is 23.8 Å². The van der Waals surface area contributed by atoms with Crippen LogP contribution in [0.3, 0.4) is 0 Å². The number of nitrogens with zero attached hydrogens (tertiary/aromatic N) is 2. The number of carbonyl (C=O) groups excluding carboxylic acids is 2. The van der Waals surface area contributed by atoms with Gasteiger partial charge in [0.15, 0.2) is 0 Å². The summed E-state index contributed by atoms with van der Waals surface area (Å²) >= 11 is 1.37. The molecule has 7 heteroatoms. The van der Waals surface area contributed by atoms with E-state index in [1.165, 1.54) is 11.3 Å². The van der Waals surface area contributed by atoms with Gasteiger partial charge in [-0.3, -0.25) is 9.59 Å². The highest BCUT2D eigenvalue weighted by atomic mass is 32.1. The minimum Gasteiger partial charge on any atom is -0.369 e. The minimum atomic E-state index is -0.342. The Morgan fingerprint density at radius 1 is 1.53 bits per heavy atom. The van der Waals surface area contributed by atoms with Crippen LogP contribution in [0.5, 0.6) is 0 Å². The molecule has 0 aliphatic carbocycles. The second kappa shape index (κ2) is 5.66. The molecule has 1 aliphatic heterocycles. The quantitative estimate of drug-likeness (QED) is 0.833. The number of rotatable bonds is 3. The van der Waals surface area contributed by atoms with Crippen LogP contribution in [-0.4, -0.2) is 34.3 Å². The highest BCUT2D eigenvalue weighted by molar-refractivity contribution is 7.09. The van der Waals surface area contributed by atoms with Gasteiger partial charge in [0.2, 0.25) is 5.91 Å². The number of thiazole rings is 1. The lowest BCUT2D eigenvalue weighted by Gasteiger charge is -2.36. The van der Waals surface area contributed by atoms with E-state index < -0.39 is 0 Å². The summed E-state index contributed by atoms with van der Waals surface area (Å²) in [6.45, 7) is 2.69. The maximum absolute atomic E-state index is 12.4. The first kappa shape index (κ1) is 14.0. The third-order valence-electron chi connectivity index (χ3n) is 3.49. The summed E-state index contributed by atoms with van der Waals surface area (Å²) in [5, 5.41) is 2.45. The van der Waals surface area contributed by atoms with E-state index in [0.29, 0.717) is 18.8 Å². The highest BCUT2D eigenvalue weighted by Gasteiger charge is 2.32. The van der Waals surface area contributed by atoms with Crippen LogP contribution < -0.4 is 11.5 Å². The van der Waals surface area contributed by atoms with E-state index in [1.54, 1.807) is 10.3 Å². The fraction of sp³-hybridized carbons (Fsp3) is 0.583. The fourth-order valence-corrected chi connectivity index (χ4v) is 2.92. The van der Waals surface area contributed by atoms with Crippen LogP contribution in [0.15, 0.2) is 5.38 Å². The number of primary amides is 1. The maximum atomic E-state index is 12.4. The molecule has 1 aromatic heterocycles. The predicted octanol–water partition coefficient (Wildman–Crippen LogP) is 0.328. The van der Waals surface area contributed by atoms with E-state index in [2.05, 4.69) is 4.98 Å². The average molecular weight is 282 g/mol. The molecular formula is C12H18N4O2S. The Bertz CT molecular complexity index is 488. The van der Waals surface area contributed by atoms with Crippen LogP contribution in [0.25, 0.3) is 0 Å². The Morgan fingerprint density at radius 3 is 2.84 bits per heavy atom. The van der Waals surface area contributed by atoms with Gasteiger partial charge in [0.05, 0.1) is 5.92 Å². The zero-order valence-electron chi connectivity index (χ0n) is 10.8. The molecule has 2 unspecified atom stereocenters. The van der Waals surface area contributed by atoms with Crippen molar-refractivity contribution < 1.29 is 9.59 Å². The number of aromatic nitrogens is 1. The second-order valence-corrected chi connectivity index (χ2v) is 5.76. The van der Waals surface area contributed by atoms with E-state index in [0.717, 1.165) is 17.8 Å². The van der Waals surface area contributed by atoms with Crippen LogP contribution in [0.4, 0.5) is 0 Å². The van der Waals surface area contributed by atoms with Crippen molar-refractivity contribution in [3.05, 3.63) is 16.1 Å². The molecule has 2 heterocycles. The van der Waals surface area contributed by atoms with Gasteiger partial charge >= 0.3 is 0 Å². The number of carbonyl (C=O) groups is 2. The normalized spacial score (nSPS) is 23.4. The largest absolute Gasteiger partial charge is 0.369 e. The van der Waals surface area contributed by atoms with Crippen molar-refractivity contribution in [2.24, 2.45) is 17.4 Å². The molecule has 1 aliphatic rings. The van der Waals surface area contributed by atoms with Crippen molar-refractivity contribution in [3.63, 3.8) is 0 Å². The SMILES string of the molecule is CC1CCC(C(N)=O)CN1C(=O)c1csc(CN)n1. The molecule has 2 amide bonds. The number of hydrogen-bond donors (Lipinski definition) is 2. The number of hydrogen-bond acceptors (Lipinski definition) is 5. The van der Waals surface area contributed by atoms with Crippen LogP contribution >= 0.6 is 11.3 Å². The lowest BCUT2D eigenvalue weighted by Crippen LogP contribution is -2.48. The molecule has 6 nitrogen and oxygen atoms in total. The van der Waals surface area contributed by atoms with Crippen LogP contribution in [0, 0.1) is 5.92 Å². The molecule has 2 rings (SSSR count). The fourth-order valence-electron chi connectivity index (χ4n) is 2.27. The van der Waals surface area contributed by atoms with E-state index in [4.69, 9.17) is 11.5 Å². The number of amides is 2. The van der Waals surface area contributed by atoms with Gasteiger partial charge in [-0.05, 0) is 19.8 Å². The second-order valence-electron chi connectivity index (χ2n) is 4.81. The van der Waals surface area contributed by atoms with Crippen LogP contribution in [-0.2, 0) is 11.3 Å². The van der Waals surface area contributed by atoms with E-state index in [1.807, 2.05) is 6.92 Å². The molecule has 104 valence electrons. The zero-order chi connectivity index (χ0) is 14.0. The third-order valence-corrected chi connectivity index (χ3v) is 4.36. The number of nitrogens with two attached hydrogens (primary N) is 2. The third kappa shape index (κ3) is 2.93. The van der Waals surface area contributed by atoms with Crippen molar-refractivity contribution in [2.75, 3.05) is 6.54 Å². The average Bonchev–Trinajstić information content (AvgIpc) is 2.87. The Hall–Kier alpha value is -1.47. The van der Waals surface area contributed by atoms with Gasteiger partial charge in [0, 0.05) is 24.5 Å². The molecule has 1 fully saturated rings. The summed E-state index contributed by atoms with van der Waals surface area (Å²) in [6, 6.07) is 0.103.